The summed E-state index contributed by atoms with van der Waals surface area (Å²) in [5.74, 6) is -1.35. The largest absolute Gasteiger partial charge is 0.481 e. The van der Waals surface area contributed by atoms with Crippen molar-refractivity contribution in [2.75, 3.05) is 13.2 Å². The molecular formula is C24H28N2O5. The van der Waals surface area contributed by atoms with Crippen molar-refractivity contribution in [1.29, 1.82) is 0 Å². The van der Waals surface area contributed by atoms with Gasteiger partial charge in [0.1, 0.15) is 6.61 Å². The van der Waals surface area contributed by atoms with Crippen LogP contribution in [0.25, 0.3) is 11.1 Å². The minimum Gasteiger partial charge on any atom is -0.481 e. The van der Waals surface area contributed by atoms with Gasteiger partial charge in [0.2, 0.25) is 5.91 Å². The highest BCUT2D eigenvalue weighted by Gasteiger charge is 2.30. The smallest absolute Gasteiger partial charge is 0.407 e. The Balaban J connectivity index is 1.50. The molecule has 0 aromatic heterocycles. The Morgan fingerprint density at radius 3 is 2.13 bits per heavy atom. The molecule has 2 aromatic carbocycles. The lowest BCUT2D eigenvalue weighted by Gasteiger charge is -2.20. The summed E-state index contributed by atoms with van der Waals surface area (Å²) in [5.41, 5.74) is 3.51. The van der Waals surface area contributed by atoms with Crippen molar-refractivity contribution in [1.82, 2.24) is 10.6 Å². The van der Waals surface area contributed by atoms with Crippen LogP contribution in [0.4, 0.5) is 4.79 Å². The number of amides is 2. The number of carboxylic acid groups (broad SMARTS) is 1. The van der Waals surface area contributed by atoms with E-state index in [0.29, 0.717) is 0 Å². The molecule has 1 atom stereocenters. The van der Waals surface area contributed by atoms with Crippen molar-refractivity contribution < 1.29 is 24.2 Å². The molecule has 0 fully saturated rings. The molecule has 0 heterocycles. The van der Waals surface area contributed by atoms with E-state index < -0.39 is 23.5 Å². The van der Waals surface area contributed by atoms with Crippen LogP contribution in [0.5, 0.6) is 0 Å². The van der Waals surface area contributed by atoms with Crippen molar-refractivity contribution in [2.45, 2.75) is 39.2 Å². The molecule has 0 bridgehead atoms. The topological polar surface area (TPSA) is 105 Å². The molecule has 0 radical (unpaired) electrons. The van der Waals surface area contributed by atoms with Gasteiger partial charge in [-0.05, 0) is 43.0 Å². The Bertz CT molecular complexity index is 940. The van der Waals surface area contributed by atoms with E-state index in [9.17, 15) is 14.4 Å². The molecule has 2 aromatic rings. The van der Waals surface area contributed by atoms with Crippen LogP contribution < -0.4 is 10.6 Å². The lowest BCUT2D eigenvalue weighted by atomic mass is 9.94. The minimum absolute atomic E-state index is 0.0127. The second-order valence-electron chi connectivity index (χ2n) is 8.54. The Hall–Kier alpha value is -3.35. The van der Waals surface area contributed by atoms with Crippen molar-refractivity contribution in [2.24, 2.45) is 5.41 Å². The molecule has 0 unspecified atom stereocenters. The van der Waals surface area contributed by atoms with Crippen LogP contribution in [0, 0.1) is 5.41 Å². The molecule has 2 amide bonds. The van der Waals surface area contributed by atoms with Crippen LogP contribution >= 0.6 is 0 Å². The van der Waals surface area contributed by atoms with Gasteiger partial charge in [-0.1, -0.05) is 48.5 Å². The Morgan fingerprint density at radius 2 is 1.58 bits per heavy atom. The van der Waals surface area contributed by atoms with Gasteiger partial charge in [0, 0.05) is 24.9 Å². The van der Waals surface area contributed by atoms with Crippen molar-refractivity contribution in [3.63, 3.8) is 0 Å². The molecule has 3 rings (SSSR count). The van der Waals surface area contributed by atoms with Crippen LogP contribution in [0.1, 0.15) is 44.2 Å². The number of carbonyl (C=O) groups is 3. The second-order valence-corrected chi connectivity index (χ2v) is 8.54. The Labute approximate surface area is 181 Å². The molecule has 1 aliphatic rings. The number of ether oxygens (including phenoxy) is 1. The second kappa shape index (κ2) is 9.20. The van der Waals surface area contributed by atoms with Gasteiger partial charge >= 0.3 is 12.1 Å². The number of aliphatic carboxylic acids is 1. The first-order valence-corrected chi connectivity index (χ1v) is 10.3. The number of carboxylic acids is 1. The molecule has 0 saturated heterocycles. The third-order valence-electron chi connectivity index (χ3n) is 5.51. The predicted octanol–water partition coefficient (Wildman–Crippen LogP) is 3.53. The third-order valence-corrected chi connectivity index (χ3v) is 5.51. The van der Waals surface area contributed by atoms with E-state index in [2.05, 4.69) is 22.8 Å². The first-order chi connectivity index (χ1) is 14.7. The highest BCUT2D eigenvalue weighted by Crippen LogP contribution is 2.44. The number of rotatable bonds is 8. The summed E-state index contributed by atoms with van der Waals surface area (Å²) in [5, 5.41) is 14.4. The minimum atomic E-state index is -1.06. The van der Waals surface area contributed by atoms with Gasteiger partial charge in [-0.3, -0.25) is 9.59 Å². The molecule has 7 heteroatoms. The van der Waals surface area contributed by atoms with E-state index in [0.717, 1.165) is 22.3 Å². The Kier molecular flexibility index (Phi) is 6.63. The van der Waals surface area contributed by atoms with Gasteiger partial charge < -0.3 is 20.5 Å². The first-order valence-electron chi connectivity index (χ1n) is 10.3. The van der Waals surface area contributed by atoms with Crippen LogP contribution in [0.3, 0.4) is 0 Å². The van der Waals surface area contributed by atoms with E-state index in [1.54, 1.807) is 6.92 Å². The molecule has 164 valence electrons. The van der Waals surface area contributed by atoms with Crippen LogP contribution in [0.15, 0.2) is 48.5 Å². The maximum absolute atomic E-state index is 12.3. The fourth-order valence-electron chi connectivity index (χ4n) is 3.64. The lowest BCUT2D eigenvalue weighted by Crippen LogP contribution is -2.42. The van der Waals surface area contributed by atoms with E-state index in [4.69, 9.17) is 9.84 Å². The lowest BCUT2D eigenvalue weighted by molar-refractivity contribution is -0.146. The summed E-state index contributed by atoms with van der Waals surface area (Å²) in [6.45, 7) is 4.98. The quantitative estimate of drug-likeness (QED) is 0.601. The van der Waals surface area contributed by atoms with Crippen LogP contribution in [-0.4, -0.2) is 42.3 Å². The zero-order valence-electron chi connectivity index (χ0n) is 18.0. The molecular weight excluding hydrogens is 396 g/mol. The highest BCUT2D eigenvalue weighted by atomic mass is 16.5. The van der Waals surface area contributed by atoms with E-state index in [-0.39, 0.29) is 31.4 Å². The number of hydrogen-bond donors (Lipinski definition) is 3. The molecule has 1 aliphatic carbocycles. The maximum atomic E-state index is 12.3. The predicted molar refractivity (Wildman–Crippen MR) is 117 cm³/mol. The number of hydrogen-bond acceptors (Lipinski definition) is 4. The average molecular weight is 424 g/mol. The number of fused-ring (bicyclic) bond motifs is 3. The van der Waals surface area contributed by atoms with Crippen molar-refractivity contribution >= 4 is 18.0 Å². The summed E-state index contributed by atoms with van der Waals surface area (Å²) in [7, 11) is 0. The third kappa shape index (κ3) is 5.23. The highest BCUT2D eigenvalue weighted by molar-refractivity contribution is 5.80. The number of benzene rings is 2. The summed E-state index contributed by atoms with van der Waals surface area (Å²) in [6.07, 6.45) is -0.562. The van der Waals surface area contributed by atoms with E-state index >= 15 is 0 Å². The number of nitrogens with one attached hydrogen (secondary N) is 2. The van der Waals surface area contributed by atoms with Crippen molar-refractivity contribution in [3.05, 3.63) is 59.7 Å². The van der Waals surface area contributed by atoms with Crippen LogP contribution in [0.2, 0.25) is 0 Å². The fourth-order valence-corrected chi connectivity index (χ4v) is 3.64. The molecule has 0 aliphatic heterocycles. The molecule has 7 nitrogen and oxygen atoms in total. The van der Waals surface area contributed by atoms with Crippen molar-refractivity contribution in [3.8, 4) is 11.1 Å². The summed E-state index contributed by atoms with van der Waals surface area (Å²) in [6, 6.07) is 15.7. The maximum Gasteiger partial charge on any atom is 0.407 e. The standard InChI is InChI=1S/C24H28N2O5/c1-15(12-21(27)25-14-24(2,3)22(28)29)26-23(30)31-13-20-18-10-6-4-8-16(18)17-9-5-7-11-19(17)20/h4-11,15,20H,12-14H2,1-3H3,(H,25,27)(H,26,30)(H,28,29)/t15-/m0/s1. The summed E-state index contributed by atoms with van der Waals surface area (Å²) in [4.78, 5) is 35.4. The van der Waals surface area contributed by atoms with Gasteiger partial charge in [-0.2, -0.15) is 0 Å². The van der Waals surface area contributed by atoms with E-state index in [1.807, 2.05) is 36.4 Å². The monoisotopic (exact) mass is 424 g/mol. The van der Waals surface area contributed by atoms with Crippen LogP contribution in [-0.2, 0) is 14.3 Å². The Morgan fingerprint density at radius 1 is 1.03 bits per heavy atom. The average Bonchev–Trinajstić information content (AvgIpc) is 3.04. The number of alkyl carbamates (subject to hydrolysis) is 1. The SMILES string of the molecule is C[C@@H](CC(=O)NCC(C)(C)C(=O)O)NC(=O)OCC1c2ccccc2-c2ccccc21. The first kappa shape index (κ1) is 22.3. The molecule has 31 heavy (non-hydrogen) atoms. The summed E-state index contributed by atoms with van der Waals surface area (Å²) >= 11 is 0. The van der Waals surface area contributed by atoms with Gasteiger partial charge in [-0.25, -0.2) is 4.79 Å². The summed E-state index contributed by atoms with van der Waals surface area (Å²) < 4.78 is 5.48. The number of carbonyl (C=O) groups excluding carboxylic acids is 2. The van der Waals surface area contributed by atoms with Gasteiger partial charge in [0.15, 0.2) is 0 Å². The van der Waals surface area contributed by atoms with Gasteiger partial charge in [0.25, 0.3) is 0 Å². The van der Waals surface area contributed by atoms with Gasteiger partial charge in [-0.15, -0.1) is 0 Å². The molecule has 0 saturated carbocycles. The van der Waals surface area contributed by atoms with Gasteiger partial charge in [0.05, 0.1) is 5.41 Å². The zero-order valence-corrected chi connectivity index (χ0v) is 18.0. The fraction of sp³-hybridized carbons (Fsp3) is 0.375. The zero-order chi connectivity index (χ0) is 22.6. The molecule has 0 spiro atoms. The normalized spacial score (nSPS) is 13.6. The molecule has 3 N–H and O–H groups in total. The van der Waals surface area contributed by atoms with E-state index in [1.165, 1.54) is 13.8 Å².